The number of rotatable bonds is 6. The maximum absolute atomic E-state index is 12.8. The third-order valence-corrected chi connectivity index (χ3v) is 4.23. The second kappa shape index (κ2) is 6.77. The third-order valence-electron chi connectivity index (χ3n) is 2.11. The van der Waals surface area contributed by atoms with Crippen molar-refractivity contribution in [1.29, 1.82) is 0 Å². The SMILES string of the molecule is CCSCc1nc(C(F)(F)F)c(CNC(C)C)s1. The van der Waals surface area contributed by atoms with Crippen molar-refractivity contribution in [2.75, 3.05) is 5.75 Å². The van der Waals surface area contributed by atoms with E-state index in [2.05, 4.69) is 10.3 Å². The second-order valence-electron chi connectivity index (χ2n) is 4.05. The topological polar surface area (TPSA) is 24.9 Å². The van der Waals surface area contributed by atoms with E-state index in [9.17, 15) is 13.2 Å². The fraction of sp³-hybridized carbons (Fsp3) is 0.727. The van der Waals surface area contributed by atoms with E-state index in [0.717, 1.165) is 17.1 Å². The van der Waals surface area contributed by atoms with E-state index in [4.69, 9.17) is 0 Å². The van der Waals surface area contributed by atoms with Gasteiger partial charge < -0.3 is 5.32 Å². The molecule has 0 spiro atoms. The summed E-state index contributed by atoms with van der Waals surface area (Å²) in [5.74, 6) is 1.42. The van der Waals surface area contributed by atoms with Gasteiger partial charge in [0.05, 0.1) is 4.88 Å². The molecule has 0 radical (unpaired) electrons. The minimum Gasteiger partial charge on any atom is -0.310 e. The number of nitrogens with one attached hydrogen (secondary N) is 1. The Kier molecular flexibility index (Phi) is 5.94. The first kappa shape index (κ1) is 15.8. The van der Waals surface area contributed by atoms with E-state index in [1.807, 2.05) is 20.8 Å². The van der Waals surface area contributed by atoms with E-state index in [1.165, 1.54) is 0 Å². The van der Waals surface area contributed by atoms with Crippen molar-refractivity contribution in [2.45, 2.75) is 45.3 Å². The quantitative estimate of drug-likeness (QED) is 0.862. The van der Waals surface area contributed by atoms with Gasteiger partial charge in [0.2, 0.25) is 0 Å². The second-order valence-corrected chi connectivity index (χ2v) is 6.49. The lowest BCUT2D eigenvalue weighted by Gasteiger charge is -2.09. The van der Waals surface area contributed by atoms with E-state index in [0.29, 0.717) is 10.8 Å². The molecule has 1 N–H and O–H groups in total. The van der Waals surface area contributed by atoms with E-state index < -0.39 is 11.9 Å². The first-order chi connectivity index (χ1) is 8.34. The predicted molar refractivity (Wildman–Crippen MR) is 70.9 cm³/mol. The smallest absolute Gasteiger partial charge is 0.310 e. The Morgan fingerprint density at radius 1 is 1.39 bits per heavy atom. The molecule has 1 aromatic heterocycles. The van der Waals surface area contributed by atoms with Crippen LogP contribution in [0.3, 0.4) is 0 Å². The maximum Gasteiger partial charge on any atom is 0.434 e. The van der Waals surface area contributed by atoms with Gasteiger partial charge in [-0.3, -0.25) is 0 Å². The molecule has 0 saturated carbocycles. The Hall–Kier alpha value is -0.270. The van der Waals surface area contributed by atoms with Gasteiger partial charge in [-0.25, -0.2) is 4.98 Å². The molecule has 2 nitrogen and oxygen atoms in total. The van der Waals surface area contributed by atoms with Crippen LogP contribution in [0.5, 0.6) is 0 Å². The van der Waals surface area contributed by atoms with Gasteiger partial charge in [-0.05, 0) is 5.75 Å². The van der Waals surface area contributed by atoms with Crippen LogP contribution in [0.2, 0.25) is 0 Å². The Bertz CT molecular complexity index is 375. The highest BCUT2D eigenvalue weighted by Crippen LogP contribution is 2.35. The lowest BCUT2D eigenvalue weighted by molar-refractivity contribution is -0.141. The van der Waals surface area contributed by atoms with Crippen LogP contribution in [0, 0.1) is 0 Å². The molecule has 1 aromatic rings. The van der Waals surface area contributed by atoms with Crippen molar-refractivity contribution in [3.05, 3.63) is 15.6 Å². The summed E-state index contributed by atoms with van der Waals surface area (Å²) in [6.45, 7) is 6.01. The molecule has 0 aliphatic heterocycles. The van der Waals surface area contributed by atoms with Gasteiger partial charge in [0.25, 0.3) is 0 Å². The average molecular weight is 298 g/mol. The largest absolute Gasteiger partial charge is 0.434 e. The molecule has 0 amide bonds. The molecule has 0 aromatic carbocycles. The van der Waals surface area contributed by atoms with Crippen LogP contribution in [0.15, 0.2) is 0 Å². The summed E-state index contributed by atoms with van der Waals surface area (Å²) < 4.78 is 38.5. The standard InChI is InChI=1S/C11H17F3N2S2/c1-4-17-6-9-16-10(11(12,13)14)8(18-9)5-15-7(2)3/h7,15H,4-6H2,1-3H3. The summed E-state index contributed by atoms with van der Waals surface area (Å²) >= 11 is 2.73. The first-order valence-electron chi connectivity index (χ1n) is 5.71. The molecule has 1 rings (SSSR count). The molecule has 0 aliphatic carbocycles. The lowest BCUT2D eigenvalue weighted by Crippen LogP contribution is -2.23. The predicted octanol–water partition coefficient (Wildman–Crippen LogP) is 3.91. The van der Waals surface area contributed by atoms with Crippen molar-refractivity contribution < 1.29 is 13.2 Å². The highest BCUT2D eigenvalue weighted by molar-refractivity contribution is 7.98. The molecular formula is C11H17F3N2S2. The average Bonchev–Trinajstić information content (AvgIpc) is 2.66. The van der Waals surface area contributed by atoms with Gasteiger partial charge in [-0.1, -0.05) is 20.8 Å². The molecule has 0 aliphatic rings. The zero-order valence-electron chi connectivity index (χ0n) is 10.6. The molecule has 0 saturated heterocycles. The summed E-state index contributed by atoms with van der Waals surface area (Å²) in [6, 6.07) is 0.154. The maximum atomic E-state index is 12.8. The van der Waals surface area contributed by atoms with E-state index in [-0.39, 0.29) is 17.5 Å². The van der Waals surface area contributed by atoms with Crippen LogP contribution in [-0.2, 0) is 18.5 Å². The normalized spacial score (nSPS) is 12.4. The molecule has 7 heteroatoms. The van der Waals surface area contributed by atoms with Gasteiger partial charge >= 0.3 is 6.18 Å². The van der Waals surface area contributed by atoms with Crippen LogP contribution >= 0.6 is 23.1 Å². The van der Waals surface area contributed by atoms with Crippen molar-refractivity contribution in [3.8, 4) is 0 Å². The Morgan fingerprint density at radius 3 is 2.56 bits per heavy atom. The number of thioether (sulfide) groups is 1. The van der Waals surface area contributed by atoms with Crippen LogP contribution in [-0.4, -0.2) is 16.8 Å². The fourth-order valence-corrected chi connectivity index (χ4v) is 3.05. The van der Waals surface area contributed by atoms with Crippen molar-refractivity contribution >= 4 is 23.1 Å². The van der Waals surface area contributed by atoms with E-state index in [1.54, 1.807) is 11.8 Å². The van der Waals surface area contributed by atoms with Gasteiger partial charge in [0, 0.05) is 18.3 Å². The monoisotopic (exact) mass is 298 g/mol. The molecule has 18 heavy (non-hydrogen) atoms. The Labute approximate surface area is 113 Å². The summed E-state index contributed by atoms with van der Waals surface area (Å²) in [7, 11) is 0. The Morgan fingerprint density at radius 2 is 2.06 bits per heavy atom. The molecule has 0 unspecified atom stereocenters. The van der Waals surface area contributed by atoms with Crippen molar-refractivity contribution in [2.24, 2.45) is 0 Å². The number of alkyl halides is 3. The lowest BCUT2D eigenvalue weighted by atomic mass is 10.3. The molecule has 0 fully saturated rings. The number of halogens is 3. The Balaban J connectivity index is 2.87. The molecular weight excluding hydrogens is 281 g/mol. The van der Waals surface area contributed by atoms with Crippen LogP contribution < -0.4 is 5.32 Å². The van der Waals surface area contributed by atoms with Crippen molar-refractivity contribution in [1.82, 2.24) is 10.3 Å². The van der Waals surface area contributed by atoms with Gasteiger partial charge in [0.1, 0.15) is 5.01 Å². The minimum atomic E-state index is -4.36. The number of thiazole rings is 1. The summed E-state index contributed by atoms with van der Waals surface area (Å²) in [6.07, 6.45) is -4.36. The van der Waals surface area contributed by atoms with Crippen LogP contribution in [0.25, 0.3) is 0 Å². The number of aromatic nitrogens is 1. The van der Waals surface area contributed by atoms with Crippen LogP contribution in [0.1, 0.15) is 36.3 Å². The number of nitrogens with zero attached hydrogens (tertiary/aromatic N) is 1. The highest BCUT2D eigenvalue weighted by Gasteiger charge is 2.37. The molecule has 104 valence electrons. The summed E-state index contributed by atoms with van der Waals surface area (Å²) in [5, 5.41) is 3.56. The highest BCUT2D eigenvalue weighted by atomic mass is 32.2. The number of hydrogen-bond acceptors (Lipinski definition) is 4. The van der Waals surface area contributed by atoms with Crippen molar-refractivity contribution in [3.63, 3.8) is 0 Å². The molecule has 0 bridgehead atoms. The van der Waals surface area contributed by atoms with Gasteiger partial charge in [-0.15, -0.1) is 11.3 Å². The molecule has 0 atom stereocenters. The van der Waals surface area contributed by atoms with E-state index >= 15 is 0 Å². The summed E-state index contributed by atoms with van der Waals surface area (Å²) in [4.78, 5) is 4.01. The zero-order chi connectivity index (χ0) is 13.8. The first-order valence-corrected chi connectivity index (χ1v) is 7.68. The number of hydrogen-bond donors (Lipinski definition) is 1. The molecule has 1 heterocycles. The zero-order valence-corrected chi connectivity index (χ0v) is 12.2. The van der Waals surface area contributed by atoms with Gasteiger partial charge in [-0.2, -0.15) is 24.9 Å². The van der Waals surface area contributed by atoms with Crippen LogP contribution in [0.4, 0.5) is 13.2 Å². The summed E-state index contributed by atoms with van der Waals surface area (Å²) in [5.41, 5.74) is -0.729. The third kappa shape index (κ3) is 4.78. The van der Waals surface area contributed by atoms with Gasteiger partial charge in [0.15, 0.2) is 5.69 Å². The fourth-order valence-electron chi connectivity index (χ4n) is 1.29. The minimum absolute atomic E-state index is 0.154.